The maximum atomic E-state index is 4.60. The van der Waals surface area contributed by atoms with Crippen molar-refractivity contribution in [3.63, 3.8) is 0 Å². The number of hydrogen-bond acceptors (Lipinski definition) is 1. The van der Waals surface area contributed by atoms with Crippen molar-refractivity contribution in [2.45, 2.75) is 24.7 Å². The maximum Gasteiger partial charge on any atom is 0.0516 e. The lowest BCUT2D eigenvalue weighted by atomic mass is 9.66. The van der Waals surface area contributed by atoms with Crippen LogP contribution in [0.25, 0.3) is 0 Å². The summed E-state index contributed by atoms with van der Waals surface area (Å²) < 4.78 is 0. The van der Waals surface area contributed by atoms with Crippen molar-refractivity contribution in [1.29, 1.82) is 0 Å². The van der Waals surface area contributed by atoms with E-state index in [1.165, 1.54) is 29.7 Å². The van der Waals surface area contributed by atoms with E-state index >= 15 is 0 Å². The molecular weight excluding hydrogens is 194 g/mol. The van der Waals surface area contributed by atoms with Gasteiger partial charge in [0.05, 0.1) is 5.69 Å². The maximum absolute atomic E-state index is 4.60. The van der Waals surface area contributed by atoms with Crippen LogP contribution < -0.4 is 0 Å². The first kappa shape index (κ1) is 8.51. The summed E-state index contributed by atoms with van der Waals surface area (Å²) in [7, 11) is 0. The Labute approximate surface area is 95.2 Å². The molecule has 0 amide bonds. The first-order valence-electron chi connectivity index (χ1n) is 5.99. The highest BCUT2D eigenvalue weighted by molar-refractivity contribution is 5.52. The highest BCUT2D eigenvalue weighted by Gasteiger charge is 2.37. The van der Waals surface area contributed by atoms with Gasteiger partial charge in [-0.25, -0.2) is 0 Å². The molecule has 0 radical (unpaired) electrons. The number of rotatable bonds is 0. The minimum atomic E-state index is 0.553. The monoisotopic (exact) mass is 207 g/mol. The van der Waals surface area contributed by atoms with Crippen molar-refractivity contribution in [3.05, 3.63) is 65.0 Å². The Morgan fingerprint density at radius 2 is 1.50 bits per heavy atom. The number of hydrogen-bond donors (Lipinski definition) is 0. The zero-order valence-electron chi connectivity index (χ0n) is 9.06. The van der Waals surface area contributed by atoms with Crippen LogP contribution in [-0.2, 0) is 0 Å². The minimum Gasteiger partial charge on any atom is -0.260 e. The Bertz CT molecular complexity index is 461. The summed E-state index contributed by atoms with van der Waals surface area (Å²) in [5.41, 5.74) is 5.86. The van der Waals surface area contributed by atoms with E-state index in [4.69, 9.17) is 0 Å². The number of pyridine rings is 1. The molecule has 1 aromatic carbocycles. The number of aromatic nitrogens is 1. The normalized spacial score (nSPS) is 25.0. The molecule has 2 atom stereocenters. The predicted octanol–water partition coefficient (Wildman–Crippen LogP) is 3.45. The van der Waals surface area contributed by atoms with Crippen LogP contribution in [0.2, 0.25) is 0 Å². The lowest BCUT2D eigenvalue weighted by molar-refractivity contribution is 0.507. The largest absolute Gasteiger partial charge is 0.260 e. The molecule has 2 bridgehead atoms. The summed E-state index contributed by atoms with van der Waals surface area (Å²) in [6, 6.07) is 13.2. The lowest BCUT2D eigenvalue weighted by Crippen LogP contribution is -2.25. The predicted molar refractivity (Wildman–Crippen MR) is 63.6 cm³/mol. The van der Waals surface area contributed by atoms with Gasteiger partial charge in [0.15, 0.2) is 0 Å². The fraction of sp³-hybridized carbons (Fsp3) is 0.267. The number of nitrogens with zero attached hydrogens (tertiary/aromatic N) is 1. The van der Waals surface area contributed by atoms with Gasteiger partial charge in [0.1, 0.15) is 0 Å². The van der Waals surface area contributed by atoms with Crippen molar-refractivity contribution in [2.24, 2.45) is 0 Å². The fourth-order valence-corrected chi connectivity index (χ4v) is 3.41. The molecule has 1 heterocycles. The van der Waals surface area contributed by atoms with Crippen LogP contribution in [0.5, 0.6) is 0 Å². The molecule has 1 aromatic heterocycles. The molecule has 3 aliphatic carbocycles. The van der Waals surface area contributed by atoms with E-state index in [2.05, 4.69) is 41.4 Å². The van der Waals surface area contributed by atoms with Crippen molar-refractivity contribution in [1.82, 2.24) is 4.98 Å². The second-order valence-electron chi connectivity index (χ2n) is 4.79. The van der Waals surface area contributed by atoms with Gasteiger partial charge in [0, 0.05) is 18.0 Å². The summed E-state index contributed by atoms with van der Waals surface area (Å²) in [5, 5.41) is 0. The van der Waals surface area contributed by atoms with E-state index in [9.17, 15) is 0 Å². The van der Waals surface area contributed by atoms with Crippen molar-refractivity contribution in [3.8, 4) is 0 Å². The van der Waals surface area contributed by atoms with Crippen LogP contribution in [0.4, 0.5) is 0 Å². The third kappa shape index (κ3) is 0.934. The van der Waals surface area contributed by atoms with Crippen LogP contribution in [0.1, 0.15) is 47.1 Å². The molecule has 78 valence electrons. The Morgan fingerprint density at radius 1 is 0.812 bits per heavy atom. The summed E-state index contributed by atoms with van der Waals surface area (Å²) in [6.07, 6.45) is 4.49. The van der Waals surface area contributed by atoms with Crippen LogP contribution in [0, 0.1) is 0 Å². The van der Waals surface area contributed by atoms with Crippen LogP contribution in [0.15, 0.2) is 42.6 Å². The average Bonchev–Trinajstić information content (AvgIpc) is 2.40. The van der Waals surface area contributed by atoms with Crippen molar-refractivity contribution < 1.29 is 0 Å². The van der Waals surface area contributed by atoms with Gasteiger partial charge in [-0.05, 0) is 35.6 Å². The highest BCUT2D eigenvalue weighted by Crippen LogP contribution is 2.51. The van der Waals surface area contributed by atoms with Crippen molar-refractivity contribution in [2.75, 3.05) is 0 Å². The van der Waals surface area contributed by atoms with E-state index in [-0.39, 0.29) is 0 Å². The molecule has 0 fully saturated rings. The molecule has 3 aliphatic rings. The standard InChI is InChI=1S/C15H13N/c1-2-5-11-10(4-1)12-7-8-14(11)15-13(12)6-3-9-16-15/h1-6,9,12,14H,7-8H2. The summed E-state index contributed by atoms with van der Waals surface area (Å²) >= 11 is 0. The average molecular weight is 207 g/mol. The third-order valence-corrected chi connectivity index (χ3v) is 4.07. The van der Waals surface area contributed by atoms with Gasteiger partial charge >= 0.3 is 0 Å². The Kier molecular flexibility index (Phi) is 1.57. The second kappa shape index (κ2) is 2.94. The topological polar surface area (TPSA) is 12.9 Å². The Morgan fingerprint density at radius 3 is 2.38 bits per heavy atom. The number of benzene rings is 1. The molecule has 5 rings (SSSR count). The first-order valence-corrected chi connectivity index (χ1v) is 5.99. The molecular formula is C15H13N. The summed E-state index contributed by atoms with van der Waals surface area (Å²) in [4.78, 5) is 4.60. The van der Waals surface area contributed by atoms with E-state index in [0.29, 0.717) is 11.8 Å². The van der Waals surface area contributed by atoms with Gasteiger partial charge < -0.3 is 0 Å². The smallest absolute Gasteiger partial charge is 0.0516 e. The van der Waals surface area contributed by atoms with Crippen LogP contribution >= 0.6 is 0 Å². The van der Waals surface area contributed by atoms with Crippen LogP contribution in [0.3, 0.4) is 0 Å². The fourth-order valence-electron chi connectivity index (χ4n) is 3.41. The van der Waals surface area contributed by atoms with Gasteiger partial charge in [0.25, 0.3) is 0 Å². The molecule has 0 saturated heterocycles. The summed E-state index contributed by atoms with van der Waals surface area (Å²) in [5.74, 6) is 1.15. The van der Waals surface area contributed by atoms with E-state index in [1.54, 1.807) is 5.56 Å². The van der Waals surface area contributed by atoms with Gasteiger partial charge in [0.2, 0.25) is 0 Å². The number of fused-ring (bicyclic) bond motifs is 1. The molecule has 1 heteroatoms. The lowest BCUT2D eigenvalue weighted by Gasteiger charge is -2.39. The third-order valence-electron chi connectivity index (χ3n) is 4.07. The molecule has 2 aromatic rings. The Hall–Kier alpha value is -1.63. The Balaban J connectivity index is 2.04. The highest BCUT2D eigenvalue weighted by atomic mass is 14.7. The van der Waals surface area contributed by atoms with Gasteiger partial charge in [-0.15, -0.1) is 0 Å². The second-order valence-corrected chi connectivity index (χ2v) is 4.79. The minimum absolute atomic E-state index is 0.553. The first-order chi connectivity index (χ1) is 7.95. The zero-order valence-corrected chi connectivity index (χ0v) is 9.06. The quantitative estimate of drug-likeness (QED) is 0.644. The SMILES string of the molecule is c1ccc2c(c1)C1CCC2c2ncccc21. The molecule has 0 N–H and O–H groups in total. The van der Waals surface area contributed by atoms with E-state index in [1.807, 2.05) is 6.20 Å². The zero-order chi connectivity index (χ0) is 10.5. The molecule has 2 unspecified atom stereocenters. The van der Waals surface area contributed by atoms with E-state index < -0.39 is 0 Å². The van der Waals surface area contributed by atoms with Gasteiger partial charge in [-0.2, -0.15) is 0 Å². The molecule has 0 spiro atoms. The van der Waals surface area contributed by atoms with Gasteiger partial charge in [-0.3, -0.25) is 4.98 Å². The molecule has 0 saturated carbocycles. The molecule has 16 heavy (non-hydrogen) atoms. The molecule has 0 aliphatic heterocycles. The van der Waals surface area contributed by atoms with Crippen molar-refractivity contribution >= 4 is 0 Å². The summed E-state index contributed by atoms with van der Waals surface area (Å²) in [6.45, 7) is 0. The van der Waals surface area contributed by atoms with Crippen LogP contribution in [-0.4, -0.2) is 4.98 Å². The van der Waals surface area contributed by atoms with E-state index in [0.717, 1.165) is 0 Å². The van der Waals surface area contributed by atoms with Gasteiger partial charge in [-0.1, -0.05) is 30.3 Å². The molecule has 1 nitrogen and oxygen atoms in total.